The Kier molecular flexibility index (Phi) is 6.32. The predicted octanol–water partition coefficient (Wildman–Crippen LogP) is 4.93. The van der Waals surface area contributed by atoms with Gasteiger partial charge in [0.05, 0.1) is 19.1 Å². The number of non-ortho nitro benzene ring substituents is 1. The fraction of sp³-hybridized carbons (Fsp3) is 0.174. The first-order valence-electron chi connectivity index (χ1n) is 9.20. The summed E-state index contributed by atoms with van der Waals surface area (Å²) >= 11 is 0. The van der Waals surface area contributed by atoms with Gasteiger partial charge in [0.25, 0.3) is 5.69 Å². The van der Waals surface area contributed by atoms with Crippen molar-refractivity contribution in [1.82, 2.24) is 0 Å². The number of hydrogen-bond acceptors (Lipinski definition) is 6. The number of methoxy groups -OCH3 is 2. The summed E-state index contributed by atoms with van der Waals surface area (Å²) in [4.78, 5) is 23.5. The van der Waals surface area contributed by atoms with Crippen molar-refractivity contribution in [2.75, 3.05) is 14.2 Å². The fourth-order valence-corrected chi connectivity index (χ4v) is 2.96. The average Bonchev–Trinajstić information content (AvgIpc) is 2.78. The van der Waals surface area contributed by atoms with E-state index in [1.807, 2.05) is 0 Å². The zero-order valence-electron chi connectivity index (χ0n) is 16.8. The molecule has 30 heavy (non-hydrogen) atoms. The minimum absolute atomic E-state index is 0.0673. The van der Waals surface area contributed by atoms with Gasteiger partial charge in [-0.1, -0.05) is 12.1 Å². The van der Waals surface area contributed by atoms with Crippen LogP contribution < -0.4 is 14.2 Å². The number of carbonyl (C=O) groups is 1. The molecule has 154 valence electrons. The quantitative estimate of drug-likeness (QED) is 0.299. The fourth-order valence-electron chi connectivity index (χ4n) is 2.96. The molecule has 0 spiro atoms. The lowest BCUT2D eigenvalue weighted by Gasteiger charge is -2.17. The molecule has 0 N–H and O–H groups in total. The third-order valence-electron chi connectivity index (χ3n) is 4.62. The molecule has 0 heterocycles. The Morgan fingerprint density at radius 2 is 1.47 bits per heavy atom. The van der Waals surface area contributed by atoms with Crippen LogP contribution in [0.2, 0.25) is 0 Å². The Bertz CT molecular complexity index is 1040. The molecule has 0 saturated heterocycles. The summed E-state index contributed by atoms with van der Waals surface area (Å²) in [5.74, 6) is 1.48. The van der Waals surface area contributed by atoms with E-state index in [4.69, 9.17) is 14.2 Å². The van der Waals surface area contributed by atoms with Crippen LogP contribution in [0.1, 0.15) is 17.3 Å². The number of ether oxygens (including phenoxy) is 3. The molecule has 0 aliphatic carbocycles. The van der Waals surface area contributed by atoms with Crippen LogP contribution in [0, 0.1) is 10.1 Å². The minimum atomic E-state index is -0.795. The van der Waals surface area contributed by atoms with Crippen LogP contribution >= 0.6 is 0 Å². The molecular weight excluding hydrogens is 386 g/mol. The van der Waals surface area contributed by atoms with Crippen LogP contribution in [0.4, 0.5) is 5.69 Å². The summed E-state index contributed by atoms with van der Waals surface area (Å²) in [5.41, 5.74) is 1.64. The van der Waals surface area contributed by atoms with Crippen LogP contribution in [0.5, 0.6) is 17.2 Å². The highest BCUT2D eigenvalue weighted by Crippen LogP contribution is 2.35. The normalized spacial score (nSPS) is 11.4. The van der Waals surface area contributed by atoms with Gasteiger partial charge < -0.3 is 14.2 Å². The van der Waals surface area contributed by atoms with Crippen LogP contribution in [-0.4, -0.2) is 31.0 Å². The van der Waals surface area contributed by atoms with E-state index in [0.717, 1.165) is 0 Å². The molecule has 0 aliphatic heterocycles. The molecule has 1 atom stereocenters. The topological polar surface area (TPSA) is 87.9 Å². The lowest BCUT2D eigenvalue weighted by Crippen LogP contribution is -2.24. The molecule has 0 bridgehead atoms. The van der Waals surface area contributed by atoms with Crippen molar-refractivity contribution in [2.45, 2.75) is 13.0 Å². The molecular formula is C23H21NO6. The van der Waals surface area contributed by atoms with Crippen LogP contribution in [0.15, 0.2) is 66.7 Å². The molecule has 3 rings (SSSR count). The van der Waals surface area contributed by atoms with E-state index >= 15 is 0 Å². The number of nitro groups is 1. The first-order valence-corrected chi connectivity index (χ1v) is 9.20. The van der Waals surface area contributed by atoms with Gasteiger partial charge in [-0.2, -0.15) is 0 Å². The first-order chi connectivity index (χ1) is 14.4. The smallest absolute Gasteiger partial charge is 0.270 e. The highest BCUT2D eigenvalue weighted by molar-refractivity contribution is 5.99. The molecule has 3 aromatic rings. The monoisotopic (exact) mass is 407 g/mol. The van der Waals surface area contributed by atoms with Gasteiger partial charge in [-0.3, -0.25) is 14.9 Å². The lowest BCUT2D eigenvalue weighted by molar-refractivity contribution is -0.384. The van der Waals surface area contributed by atoms with Crippen molar-refractivity contribution >= 4 is 11.5 Å². The zero-order valence-corrected chi connectivity index (χ0v) is 16.8. The van der Waals surface area contributed by atoms with Crippen molar-refractivity contribution in [3.8, 4) is 28.4 Å². The van der Waals surface area contributed by atoms with Gasteiger partial charge in [0, 0.05) is 23.3 Å². The number of ketones is 1. The van der Waals surface area contributed by atoms with Crippen LogP contribution in [0.25, 0.3) is 11.1 Å². The molecule has 0 aliphatic rings. The number of nitrogens with zero attached hydrogens (tertiary/aromatic N) is 1. The summed E-state index contributed by atoms with van der Waals surface area (Å²) in [6, 6.07) is 18.1. The third-order valence-corrected chi connectivity index (χ3v) is 4.62. The Balaban J connectivity index is 1.91. The number of carbonyl (C=O) groups excluding carboxylic acids is 1. The van der Waals surface area contributed by atoms with E-state index in [1.165, 1.54) is 18.2 Å². The Morgan fingerprint density at radius 1 is 0.900 bits per heavy atom. The Morgan fingerprint density at radius 3 is 2.00 bits per heavy atom. The number of Topliss-reactive ketones (excluding diaryl/α,β-unsaturated/α-hetero) is 1. The van der Waals surface area contributed by atoms with Crippen molar-refractivity contribution < 1.29 is 23.9 Å². The van der Waals surface area contributed by atoms with Gasteiger partial charge >= 0.3 is 0 Å². The number of hydrogen-bond donors (Lipinski definition) is 0. The zero-order chi connectivity index (χ0) is 21.7. The number of benzene rings is 3. The summed E-state index contributed by atoms with van der Waals surface area (Å²) < 4.78 is 16.2. The molecule has 0 radical (unpaired) electrons. The second-order valence-electron chi connectivity index (χ2n) is 6.52. The van der Waals surface area contributed by atoms with Gasteiger partial charge in [0.2, 0.25) is 5.78 Å². The Labute approximate surface area is 174 Å². The summed E-state index contributed by atoms with van der Waals surface area (Å²) in [6.45, 7) is 1.64. The minimum Gasteiger partial charge on any atom is -0.497 e. The summed E-state index contributed by atoms with van der Waals surface area (Å²) in [6.07, 6.45) is -0.795. The Hall–Kier alpha value is -3.87. The van der Waals surface area contributed by atoms with E-state index in [0.29, 0.717) is 33.9 Å². The van der Waals surface area contributed by atoms with E-state index in [2.05, 4.69) is 0 Å². The van der Waals surface area contributed by atoms with Gasteiger partial charge in [0.1, 0.15) is 17.2 Å². The van der Waals surface area contributed by atoms with Gasteiger partial charge in [-0.15, -0.1) is 0 Å². The highest BCUT2D eigenvalue weighted by Gasteiger charge is 2.20. The largest absolute Gasteiger partial charge is 0.497 e. The third kappa shape index (κ3) is 4.57. The maximum absolute atomic E-state index is 12.8. The van der Waals surface area contributed by atoms with Crippen LogP contribution in [-0.2, 0) is 0 Å². The number of rotatable bonds is 8. The first kappa shape index (κ1) is 20.9. The standard InChI is InChI=1S/C23H21NO6/c1-15(23(25)17-6-11-20(29-3)12-7-17)30-22-13-8-18(24(26)27)14-21(22)16-4-9-19(28-2)10-5-16/h4-15H,1-3H3/t15-/m0/s1. The molecule has 0 saturated carbocycles. The molecule has 0 amide bonds. The van der Waals surface area contributed by atoms with Crippen LogP contribution in [0.3, 0.4) is 0 Å². The molecule has 0 unspecified atom stereocenters. The van der Waals surface area contributed by atoms with Crippen molar-refractivity contribution in [1.29, 1.82) is 0 Å². The van der Waals surface area contributed by atoms with Crippen molar-refractivity contribution in [3.63, 3.8) is 0 Å². The maximum Gasteiger partial charge on any atom is 0.270 e. The number of nitro benzene ring substituents is 1. The molecule has 7 heteroatoms. The van der Waals surface area contributed by atoms with Crippen molar-refractivity contribution in [2.24, 2.45) is 0 Å². The predicted molar refractivity (Wildman–Crippen MR) is 112 cm³/mol. The lowest BCUT2D eigenvalue weighted by atomic mass is 10.0. The van der Waals surface area contributed by atoms with E-state index in [9.17, 15) is 14.9 Å². The van der Waals surface area contributed by atoms with Crippen molar-refractivity contribution in [3.05, 3.63) is 82.4 Å². The highest BCUT2D eigenvalue weighted by atomic mass is 16.6. The average molecular weight is 407 g/mol. The molecule has 7 nitrogen and oxygen atoms in total. The van der Waals surface area contributed by atoms with E-state index < -0.39 is 11.0 Å². The maximum atomic E-state index is 12.8. The van der Waals surface area contributed by atoms with Gasteiger partial charge in [0.15, 0.2) is 6.10 Å². The molecule has 0 fully saturated rings. The second kappa shape index (κ2) is 9.09. The second-order valence-corrected chi connectivity index (χ2v) is 6.52. The van der Waals surface area contributed by atoms with Gasteiger partial charge in [-0.25, -0.2) is 0 Å². The van der Waals surface area contributed by atoms with E-state index in [-0.39, 0.29) is 11.5 Å². The summed E-state index contributed by atoms with van der Waals surface area (Å²) in [5, 5.41) is 11.2. The van der Waals surface area contributed by atoms with E-state index in [1.54, 1.807) is 69.7 Å². The van der Waals surface area contributed by atoms with Gasteiger partial charge in [-0.05, 0) is 55.0 Å². The molecule has 3 aromatic carbocycles. The SMILES string of the molecule is COc1ccc(C(=O)[C@H](C)Oc2ccc([N+](=O)[O-])cc2-c2ccc(OC)cc2)cc1. The summed E-state index contributed by atoms with van der Waals surface area (Å²) in [7, 11) is 3.11. The molecule has 0 aromatic heterocycles.